The molecule has 1 aliphatic carbocycles. The fraction of sp³-hybridized carbons (Fsp3) is 0.667. The van der Waals surface area contributed by atoms with Gasteiger partial charge in [-0.05, 0) is 43.2 Å². The van der Waals surface area contributed by atoms with Crippen molar-refractivity contribution in [1.82, 2.24) is 4.98 Å². The van der Waals surface area contributed by atoms with Gasteiger partial charge >= 0.3 is 0 Å². The van der Waals surface area contributed by atoms with Crippen LogP contribution >= 0.6 is 0 Å². The maximum absolute atomic E-state index is 6.00. The summed E-state index contributed by atoms with van der Waals surface area (Å²) in [6, 6.07) is 6.01. The highest BCUT2D eigenvalue weighted by molar-refractivity contribution is 5.34. The molecule has 3 unspecified atom stereocenters. The van der Waals surface area contributed by atoms with E-state index in [9.17, 15) is 0 Å². The zero-order valence-electron chi connectivity index (χ0n) is 11.6. The van der Waals surface area contributed by atoms with Crippen molar-refractivity contribution in [2.45, 2.75) is 45.8 Å². The van der Waals surface area contributed by atoms with E-state index in [1.165, 1.54) is 19.3 Å². The maximum atomic E-state index is 6.00. The molecule has 0 aliphatic heterocycles. The maximum Gasteiger partial charge on any atom is 0.126 e. The first-order valence-electron chi connectivity index (χ1n) is 6.94. The van der Waals surface area contributed by atoms with E-state index in [-0.39, 0.29) is 0 Å². The SMILES string of the molecule is CNc1cccc(COC2CCC(C)C(C)C2)n1. The number of nitrogens with zero attached hydrogens (tertiary/aromatic N) is 1. The minimum Gasteiger partial charge on any atom is -0.373 e. The lowest BCUT2D eigenvalue weighted by Crippen LogP contribution is -2.26. The van der Waals surface area contributed by atoms with Crippen molar-refractivity contribution in [2.75, 3.05) is 12.4 Å². The number of pyridine rings is 1. The summed E-state index contributed by atoms with van der Waals surface area (Å²) in [4.78, 5) is 4.47. The van der Waals surface area contributed by atoms with Gasteiger partial charge in [-0.15, -0.1) is 0 Å². The van der Waals surface area contributed by atoms with Crippen LogP contribution in [0.3, 0.4) is 0 Å². The molecule has 3 atom stereocenters. The summed E-state index contributed by atoms with van der Waals surface area (Å²) in [7, 11) is 1.89. The molecule has 0 amide bonds. The molecule has 1 aromatic rings. The molecule has 1 aromatic heterocycles. The van der Waals surface area contributed by atoms with Crippen LogP contribution in [0.1, 0.15) is 38.8 Å². The van der Waals surface area contributed by atoms with Gasteiger partial charge in [-0.3, -0.25) is 0 Å². The molecule has 0 saturated heterocycles. The normalized spacial score (nSPS) is 28.1. The van der Waals surface area contributed by atoms with E-state index in [4.69, 9.17) is 4.74 Å². The van der Waals surface area contributed by atoms with Crippen LogP contribution in [0.4, 0.5) is 5.82 Å². The quantitative estimate of drug-likeness (QED) is 0.886. The van der Waals surface area contributed by atoms with Crippen LogP contribution in [0.2, 0.25) is 0 Å². The third-order valence-corrected chi connectivity index (χ3v) is 4.08. The van der Waals surface area contributed by atoms with E-state index < -0.39 is 0 Å². The number of nitrogens with one attached hydrogen (secondary N) is 1. The summed E-state index contributed by atoms with van der Waals surface area (Å²) >= 11 is 0. The van der Waals surface area contributed by atoms with Gasteiger partial charge in [0.25, 0.3) is 0 Å². The molecule has 100 valence electrons. The van der Waals surface area contributed by atoms with Crippen molar-refractivity contribution < 1.29 is 4.74 Å². The standard InChI is InChI=1S/C15H24N2O/c1-11-7-8-14(9-12(11)2)18-10-13-5-4-6-15(16-3)17-13/h4-6,11-12,14H,7-10H2,1-3H3,(H,16,17). The molecule has 3 heteroatoms. The zero-order chi connectivity index (χ0) is 13.0. The van der Waals surface area contributed by atoms with Crippen molar-refractivity contribution in [3.63, 3.8) is 0 Å². The Balaban J connectivity index is 1.84. The molecule has 1 N–H and O–H groups in total. The lowest BCUT2D eigenvalue weighted by Gasteiger charge is -2.31. The van der Waals surface area contributed by atoms with Crippen LogP contribution < -0.4 is 5.32 Å². The van der Waals surface area contributed by atoms with Gasteiger partial charge < -0.3 is 10.1 Å². The Morgan fingerprint density at radius 1 is 1.28 bits per heavy atom. The highest BCUT2D eigenvalue weighted by atomic mass is 16.5. The predicted octanol–water partition coefficient (Wildman–Crippen LogP) is 3.46. The van der Waals surface area contributed by atoms with Crippen molar-refractivity contribution in [1.29, 1.82) is 0 Å². The Kier molecular flexibility index (Phi) is 4.59. The smallest absolute Gasteiger partial charge is 0.126 e. The first-order chi connectivity index (χ1) is 8.69. The van der Waals surface area contributed by atoms with E-state index in [2.05, 4.69) is 24.1 Å². The lowest BCUT2D eigenvalue weighted by atomic mass is 9.80. The van der Waals surface area contributed by atoms with E-state index in [1.54, 1.807) is 0 Å². The number of anilines is 1. The second-order valence-corrected chi connectivity index (χ2v) is 5.46. The summed E-state index contributed by atoms with van der Waals surface area (Å²) in [6.07, 6.45) is 4.08. The first kappa shape index (κ1) is 13.3. The van der Waals surface area contributed by atoms with Gasteiger partial charge in [0.2, 0.25) is 0 Å². The largest absolute Gasteiger partial charge is 0.373 e. The Morgan fingerprint density at radius 2 is 2.11 bits per heavy atom. The third-order valence-electron chi connectivity index (χ3n) is 4.08. The molecular weight excluding hydrogens is 224 g/mol. The van der Waals surface area contributed by atoms with E-state index in [0.29, 0.717) is 12.7 Å². The van der Waals surface area contributed by atoms with E-state index >= 15 is 0 Å². The first-order valence-corrected chi connectivity index (χ1v) is 6.94. The average molecular weight is 248 g/mol. The second-order valence-electron chi connectivity index (χ2n) is 5.46. The van der Waals surface area contributed by atoms with Gasteiger partial charge in [-0.2, -0.15) is 0 Å². The Bertz CT molecular complexity index is 381. The van der Waals surface area contributed by atoms with Crippen molar-refractivity contribution in [3.8, 4) is 0 Å². The Hall–Kier alpha value is -1.09. The molecule has 1 heterocycles. The number of hydrogen-bond donors (Lipinski definition) is 1. The van der Waals surface area contributed by atoms with Crippen LogP contribution in [-0.2, 0) is 11.3 Å². The van der Waals surface area contributed by atoms with Crippen LogP contribution in [0.5, 0.6) is 0 Å². The minimum absolute atomic E-state index is 0.413. The fourth-order valence-electron chi connectivity index (χ4n) is 2.55. The molecule has 0 bridgehead atoms. The monoisotopic (exact) mass is 248 g/mol. The highest BCUT2D eigenvalue weighted by Gasteiger charge is 2.24. The van der Waals surface area contributed by atoms with Crippen molar-refractivity contribution in [3.05, 3.63) is 23.9 Å². The van der Waals surface area contributed by atoms with E-state index in [1.807, 2.05) is 25.2 Å². The Morgan fingerprint density at radius 3 is 2.83 bits per heavy atom. The minimum atomic E-state index is 0.413. The summed E-state index contributed by atoms with van der Waals surface area (Å²) in [5.74, 6) is 2.53. The molecule has 2 rings (SSSR count). The average Bonchev–Trinajstić information content (AvgIpc) is 2.40. The predicted molar refractivity (Wildman–Crippen MR) is 74.5 cm³/mol. The number of aromatic nitrogens is 1. The van der Waals surface area contributed by atoms with E-state index in [0.717, 1.165) is 23.3 Å². The van der Waals surface area contributed by atoms with Gasteiger partial charge in [0.05, 0.1) is 18.4 Å². The Labute approximate surface area is 110 Å². The van der Waals surface area contributed by atoms with Crippen molar-refractivity contribution in [2.24, 2.45) is 11.8 Å². The number of ether oxygens (including phenoxy) is 1. The molecule has 0 spiro atoms. The summed E-state index contributed by atoms with van der Waals surface area (Å²) < 4.78 is 6.00. The molecule has 1 saturated carbocycles. The topological polar surface area (TPSA) is 34.1 Å². The lowest BCUT2D eigenvalue weighted by molar-refractivity contribution is -0.00871. The number of rotatable bonds is 4. The molecule has 18 heavy (non-hydrogen) atoms. The van der Waals surface area contributed by atoms with Gasteiger partial charge in [0.1, 0.15) is 5.82 Å². The molecule has 0 aromatic carbocycles. The van der Waals surface area contributed by atoms with Gasteiger partial charge in [-0.25, -0.2) is 4.98 Å². The van der Waals surface area contributed by atoms with Crippen LogP contribution in [0.25, 0.3) is 0 Å². The summed E-state index contributed by atoms with van der Waals surface area (Å²) in [5.41, 5.74) is 1.01. The van der Waals surface area contributed by atoms with Crippen LogP contribution in [-0.4, -0.2) is 18.1 Å². The van der Waals surface area contributed by atoms with Crippen LogP contribution in [0, 0.1) is 11.8 Å². The third kappa shape index (κ3) is 3.45. The van der Waals surface area contributed by atoms with Crippen LogP contribution in [0.15, 0.2) is 18.2 Å². The molecular formula is C15H24N2O. The summed E-state index contributed by atoms with van der Waals surface area (Å²) in [5, 5.41) is 3.05. The summed E-state index contributed by atoms with van der Waals surface area (Å²) in [6.45, 7) is 5.31. The fourth-order valence-corrected chi connectivity index (χ4v) is 2.55. The molecule has 3 nitrogen and oxygen atoms in total. The second kappa shape index (κ2) is 6.19. The molecule has 1 aliphatic rings. The van der Waals surface area contributed by atoms with Gasteiger partial charge in [0.15, 0.2) is 0 Å². The zero-order valence-corrected chi connectivity index (χ0v) is 11.6. The molecule has 0 radical (unpaired) electrons. The molecule has 1 fully saturated rings. The van der Waals surface area contributed by atoms with Crippen molar-refractivity contribution >= 4 is 5.82 Å². The highest BCUT2D eigenvalue weighted by Crippen LogP contribution is 2.31. The van der Waals surface area contributed by atoms with Gasteiger partial charge in [-0.1, -0.05) is 19.9 Å². The van der Waals surface area contributed by atoms with Gasteiger partial charge in [0, 0.05) is 7.05 Å². The number of hydrogen-bond acceptors (Lipinski definition) is 3.